The smallest absolute Gasteiger partial charge is 0.468 e. The molecule has 0 spiro atoms. The molecule has 1 fully saturated rings. The maximum Gasteiger partial charge on any atom is 0.501 e. The number of amides is 1. The zero-order valence-electron chi connectivity index (χ0n) is 12.9. The van der Waals surface area contributed by atoms with E-state index < -0.39 is 44.4 Å². The number of carbonyl (C=O) groups excluding carboxylic acids is 1. The molecule has 1 aromatic carbocycles. The standard InChI is InChI=1S/C12H13F3N4O6S/c1-25-10(20)9-8(17-19(11(21)22)18-16-9)6-2-4-7(5-3-6)26(23,24)12(13,14)15/h2-5,8-9,16-18H,1H3,(H,21,22). The molecule has 2 rings (SSSR count). The molecule has 2 atom stereocenters. The van der Waals surface area contributed by atoms with Crippen LogP contribution in [0.25, 0.3) is 0 Å². The van der Waals surface area contributed by atoms with E-state index in [0.29, 0.717) is 17.3 Å². The molecule has 0 aromatic heterocycles. The van der Waals surface area contributed by atoms with Crippen LogP contribution in [0, 0.1) is 0 Å². The molecule has 14 heteroatoms. The fourth-order valence-electron chi connectivity index (χ4n) is 2.14. The molecule has 26 heavy (non-hydrogen) atoms. The fourth-order valence-corrected chi connectivity index (χ4v) is 2.90. The van der Waals surface area contributed by atoms with Gasteiger partial charge in [-0.15, -0.1) is 5.53 Å². The number of hydrazine groups is 3. The molecule has 1 aliphatic heterocycles. The monoisotopic (exact) mass is 398 g/mol. The van der Waals surface area contributed by atoms with E-state index in [-0.39, 0.29) is 5.56 Å². The normalized spacial score (nSPS) is 21.3. The van der Waals surface area contributed by atoms with Gasteiger partial charge in [0.2, 0.25) is 0 Å². The summed E-state index contributed by atoms with van der Waals surface area (Å²) in [4.78, 5) is 21.8. The number of nitrogens with one attached hydrogen (secondary N) is 3. The third-order valence-electron chi connectivity index (χ3n) is 3.43. The van der Waals surface area contributed by atoms with Gasteiger partial charge >= 0.3 is 17.6 Å². The van der Waals surface area contributed by atoms with Gasteiger partial charge in [0.05, 0.1) is 18.0 Å². The summed E-state index contributed by atoms with van der Waals surface area (Å²) in [5, 5.41) is 9.44. The summed E-state index contributed by atoms with van der Waals surface area (Å²) < 4.78 is 65.1. The molecule has 4 N–H and O–H groups in total. The molecule has 144 valence electrons. The molecule has 1 amide bonds. The maximum atomic E-state index is 12.6. The van der Waals surface area contributed by atoms with E-state index >= 15 is 0 Å². The molecule has 1 heterocycles. The second kappa shape index (κ2) is 7.06. The first-order valence-electron chi connectivity index (χ1n) is 6.78. The van der Waals surface area contributed by atoms with Gasteiger partial charge in [-0.25, -0.2) is 24.1 Å². The Hall–Kier alpha value is -2.42. The first-order valence-corrected chi connectivity index (χ1v) is 8.27. The summed E-state index contributed by atoms with van der Waals surface area (Å²) in [5.74, 6) is -0.799. The number of ether oxygens (including phenoxy) is 1. The molecule has 1 saturated heterocycles. The number of hydrogen-bond acceptors (Lipinski definition) is 8. The fraction of sp³-hybridized carbons (Fsp3) is 0.333. The average molecular weight is 398 g/mol. The van der Waals surface area contributed by atoms with Crippen molar-refractivity contribution in [3.8, 4) is 0 Å². The zero-order chi connectivity index (χ0) is 19.7. The summed E-state index contributed by atoms with van der Waals surface area (Å²) in [7, 11) is -4.44. The van der Waals surface area contributed by atoms with E-state index in [4.69, 9.17) is 5.11 Å². The van der Waals surface area contributed by atoms with Crippen molar-refractivity contribution in [3.63, 3.8) is 0 Å². The zero-order valence-corrected chi connectivity index (χ0v) is 13.8. The maximum absolute atomic E-state index is 12.6. The Bertz CT molecular complexity index is 798. The van der Waals surface area contributed by atoms with Crippen LogP contribution in [0.1, 0.15) is 11.6 Å². The molecule has 0 saturated carbocycles. The van der Waals surface area contributed by atoms with Crippen LogP contribution in [0.3, 0.4) is 0 Å². The second-order valence-electron chi connectivity index (χ2n) is 5.00. The van der Waals surface area contributed by atoms with Crippen molar-refractivity contribution in [1.29, 1.82) is 0 Å². The summed E-state index contributed by atoms with van der Waals surface area (Å²) in [6, 6.07) is 1.24. The molecule has 1 aliphatic rings. The van der Waals surface area contributed by atoms with E-state index in [1.54, 1.807) is 0 Å². The lowest BCUT2D eigenvalue weighted by molar-refractivity contribution is -0.148. The highest BCUT2D eigenvalue weighted by Gasteiger charge is 2.47. The van der Waals surface area contributed by atoms with Crippen LogP contribution in [0.4, 0.5) is 18.0 Å². The number of sulfone groups is 1. The predicted octanol–water partition coefficient (Wildman–Crippen LogP) is 0.0702. The quantitative estimate of drug-likeness (QED) is 0.521. The van der Waals surface area contributed by atoms with Crippen molar-refractivity contribution in [2.75, 3.05) is 7.11 Å². The Kier molecular flexibility index (Phi) is 5.41. The van der Waals surface area contributed by atoms with E-state index in [1.807, 2.05) is 0 Å². The molecule has 0 radical (unpaired) electrons. The van der Waals surface area contributed by atoms with Gasteiger partial charge in [0.25, 0.3) is 9.84 Å². The number of hydrogen-bond donors (Lipinski definition) is 4. The third kappa shape index (κ3) is 3.72. The van der Waals surface area contributed by atoms with Gasteiger partial charge in [0, 0.05) is 0 Å². The average Bonchev–Trinajstić information content (AvgIpc) is 2.59. The molecule has 0 aliphatic carbocycles. The van der Waals surface area contributed by atoms with E-state index in [1.165, 1.54) is 0 Å². The first kappa shape index (κ1) is 19.9. The van der Waals surface area contributed by atoms with Crippen molar-refractivity contribution in [2.45, 2.75) is 22.5 Å². The number of esters is 1. The van der Waals surface area contributed by atoms with E-state index in [0.717, 1.165) is 19.2 Å². The number of carbonyl (C=O) groups is 2. The number of benzene rings is 1. The van der Waals surface area contributed by atoms with Gasteiger partial charge in [-0.05, 0) is 17.7 Å². The lowest BCUT2D eigenvalue weighted by atomic mass is 10.00. The van der Waals surface area contributed by atoms with Crippen molar-refractivity contribution >= 4 is 21.9 Å². The Labute approximate surface area is 144 Å². The van der Waals surface area contributed by atoms with Gasteiger partial charge in [-0.2, -0.15) is 18.3 Å². The minimum atomic E-state index is -5.53. The molecular weight excluding hydrogens is 385 g/mol. The van der Waals surface area contributed by atoms with E-state index in [2.05, 4.69) is 21.1 Å². The van der Waals surface area contributed by atoms with Gasteiger partial charge < -0.3 is 9.84 Å². The number of alkyl halides is 3. The lowest BCUT2D eigenvalue weighted by Crippen LogP contribution is -2.69. The highest BCUT2D eigenvalue weighted by atomic mass is 32.2. The van der Waals surface area contributed by atoms with Gasteiger partial charge in [0.15, 0.2) is 0 Å². The number of rotatable bonds is 3. The van der Waals surface area contributed by atoms with Crippen molar-refractivity contribution in [1.82, 2.24) is 21.5 Å². The first-order chi connectivity index (χ1) is 12.0. The van der Waals surface area contributed by atoms with E-state index in [9.17, 15) is 31.2 Å². The Balaban J connectivity index is 2.36. The van der Waals surface area contributed by atoms with Crippen LogP contribution in [-0.4, -0.2) is 49.4 Å². The molecule has 1 aromatic rings. The summed E-state index contributed by atoms with van der Waals surface area (Å²) in [6.45, 7) is 0. The molecular formula is C12H13F3N4O6S. The van der Waals surface area contributed by atoms with Gasteiger partial charge in [0.1, 0.15) is 6.04 Å². The van der Waals surface area contributed by atoms with Crippen molar-refractivity contribution < 1.29 is 41.0 Å². The van der Waals surface area contributed by atoms with Crippen molar-refractivity contribution in [2.24, 2.45) is 0 Å². The number of nitrogens with zero attached hydrogens (tertiary/aromatic N) is 1. The molecule has 0 bridgehead atoms. The summed E-state index contributed by atoms with van der Waals surface area (Å²) >= 11 is 0. The minimum absolute atomic E-state index is 0.141. The third-order valence-corrected chi connectivity index (χ3v) is 4.94. The largest absolute Gasteiger partial charge is 0.501 e. The topological polar surface area (TPSA) is 137 Å². The Morgan fingerprint density at radius 3 is 2.27 bits per heavy atom. The van der Waals surface area contributed by atoms with Crippen LogP contribution in [-0.2, 0) is 19.4 Å². The van der Waals surface area contributed by atoms with Crippen LogP contribution in [0.15, 0.2) is 29.2 Å². The van der Waals surface area contributed by atoms with Gasteiger partial charge in [-0.3, -0.25) is 4.79 Å². The summed E-state index contributed by atoms with van der Waals surface area (Å²) in [6.07, 6.45) is -1.47. The highest BCUT2D eigenvalue weighted by molar-refractivity contribution is 7.92. The predicted molar refractivity (Wildman–Crippen MR) is 77.5 cm³/mol. The lowest BCUT2D eigenvalue weighted by Gasteiger charge is -2.37. The number of carboxylic acid groups (broad SMARTS) is 1. The van der Waals surface area contributed by atoms with Crippen LogP contribution < -0.4 is 16.4 Å². The van der Waals surface area contributed by atoms with Gasteiger partial charge in [-0.1, -0.05) is 12.1 Å². The second-order valence-corrected chi connectivity index (χ2v) is 6.94. The number of methoxy groups -OCH3 is 1. The van der Waals surface area contributed by atoms with Crippen LogP contribution in [0.2, 0.25) is 0 Å². The van der Waals surface area contributed by atoms with Crippen LogP contribution >= 0.6 is 0 Å². The van der Waals surface area contributed by atoms with Crippen LogP contribution in [0.5, 0.6) is 0 Å². The summed E-state index contributed by atoms with van der Waals surface area (Å²) in [5.41, 5.74) is 1.64. The number of halogens is 3. The minimum Gasteiger partial charge on any atom is -0.468 e. The highest BCUT2D eigenvalue weighted by Crippen LogP contribution is 2.31. The molecule has 2 unspecified atom stereocenters. The Morgan fingerprint density at radius 1 is 1.23 bits per heavy atom. The SMILES string of the molecule is COC(=O)C1NNN(C(=O)O)NC1c1ccc(S(=O)(=O)C(F)(F)F)cc1. The molecule has 10 nitrogen and oxygen atoms in total. The van der Waals surface area contributed by atoms with Crippen molar-refractivity contribution in [3.05, 3.63) is 29.8 Å². The Morgan fingerprint density at radius 2 is 1.81 bits per heavy atom.